The van der Waals surface area contributed by atoms with Gasteiger partial charge in [0.25, 0.3) is 10.2 Å². The lowest BCUT2D eigenvalue weighted by molar-refractivity contribution is 0.170. The third kappa shape index (κ3) is 5.03. The lowest BCUT2D eigenvalue weighted by Gasteiger charge is -2.13. The normalized spacial score (nSPS) is 11.4. The van der Waals surface area contributed by atoms with Crippen molar-refractivity contribution >= 4 is 33.1 Å². The summed E-state index contributed by atoms with van der Waals surface area (Å²) in [5, 5.41) is 0.328. The van der Waals surface area contributed by atoms with Gasteiger partial charge in [0, 0.05) is 50.3 Å². The lowest BCUT2D eigenvalue weighted by Crippen LogP contribution is -2.27. The van der Waals surface area contributed by atoms with Crippen LogP contribution in [0.3, 0.4) is 0 Å². The van der Waals surface area contributed by atoms with Crippen LogP contribution in [0.1, 0.15) is 16.8 Å². The van der Waals surface area contributed by atoms with Crippen LogP contribution in [-0.4, -0.2) is 45.5 Å². The second-order valence-electron chi connectivity index (χ2n) is 7.03. The second kappa shape index (κ2) is 8.93. The van der Waals surface area contributed by atoms with Crippen molar-refractivity contribution in [2.24, 2.45) is 0 Å². The van der Waals surface area contributed by atoms with E-state index in [4.69, 9.17) is 9.15 Å². The molecule has 3 rings (SSSR count). The van der Waals surface area contributed by atoms with Crippen molar-refractivity contribution < 1.29 is 26.8 Å². The van der Waals surface area contributed by atoms with Gasteiger partial charge in [-0.15, -0.1) is 0 Å². The highest BCUT2D eigenvalue weighted by Gasteiger charge is 2.18. The minimum Gasteiger partial charge on any atom is -0.422 e. The molecule has 32 heavy (non-hydrogen) atoms. The summed E-state index contributed by atoms with van der Waals surface area (Å²) in [6.07, 6.45) is -0.753. The third-order valence-electron chi connectivity index (χ3n) is 4.57. The van der Waals surface area contributed by atoms with Crippen molar-refractivity contribution in [1.29, 1.82) is 0 Å². The fourth-order valence-electron chi connectivity index (χ4n) is 2.86. The molecule has 0 fully saturated rings. The van der Waals surface area contributed by atoms with Crippen molar-refractivity contribution in [3.8, 4) is 5.75 Å². The van der Waals surface area contributed by atoms with Crippen LogP contribution in [0.4, 0.5) is 15.0 Å². The van der Waals surface area contributed by atoms with Gasteiger partial charge in [-0.1, -0.05) is 6.07 Å². The first-order chi connectivity index (χ1) is 15.0. The first-order valence-corrected chi connectivity index (χ1v) is 10.8. The van der Waals surface area contributed by atoms with E-state index in [2.05, 4.69) is 14.4 Å². The van der Waals surface area contributed by atoms with E-state index < -0.39 is 27.7 Å². The third-order valence-corrected chi connectivity index (χ3v) is 5.59. The van der Waals surface area contributed by atoms with Crippen molar-refractivity contribution in [1.82, 2.24) is 14.6 Å². The average Bonchev–Trinajstić information content (AvgIpc) is 2.72. The molecule has 0 aliphatic carbocycles. The van der Waals surface area contributed by atoms with E-state index >= 15 is 0 Å². The lowest BCUT2D eigenvalue weighted by atomic mass is 10.0. The molecule has 0 aliphatic heterocycles. The molecule has 0 atom stereocenters. The van der Waals surface area contributed by atoms with E-state index in [1.807, 2.05) is 0 Å². The van der Waals surface area contributed by atoms with Gasteiger partial charge in [-0.3, -0.25) is 4.72 Å². The zero-order chi connectivity index (χ0) is 23.6. The number of hydrogen-bond acceptors (Lipinski definition) is 7. The van der Waals surface area contributed by atoms with E-state index in [-0.39, 0.29) is 29.1 Å². The Bertz CT molecular complexity index is 1350. The number of ether oxygens (including phenoxy) is 1. The smallest absolute Gasteiger partial charge is 0.414 e. The van der Waals surface area contributed by atoms with E-state index in [0.29, 0.717) is 16.6 Å². The molecule has 2 aromatic heterocycles. The van der Waals surface area contributed by atoms with Crippen molar-refractivity contribution in [3.63, 3.8) is 0 Å². The first-order valence-electron chi connectivity index (χ1n) is 9.33. The van der Waals surface area contributed by atoms with E-state index in [9.17, 15) is 22.4 Å². The zero-order valence-corrected chi connectivity index (χ0v) is 18.5. The van der Waals surface area contributed by atoms with Crippen LogP contribution < -0.4 is 19.8 Å². The average molecular weight is 464 g/mol. The highest BCUT2D eigenvalue weighted by molar-refractivity contribution is 7.90. The quantitative estimate of drug-likeness (QED) is 0.535. The number of benzene rings is 1. The number of carbonyl (C=O) groups is 1. The molecular formula is C20H21FN4O6S. The molecule has 0 saturated heterocycles. The van der Waals surface area contributed by atoms with E-state index in [0.717, 1.165) is 17.0 Å². The van der Waals surface area contributed by atoms with Crippen LogP contribution in [0.15, 0.2) is 39.5 Å². The minimum atomic E-state index is -3.75. The fraction of sp³-hybridized carbons (Fsp3) is 0.250. The first kappa shape index (κ1) is 23.2. The Morgan fingerprint density at radius 1 is 1.28 bits per heavy atom. The number of amides is 1. The molecule has 2 heterocycles. The number of aromatic nitrogens is 1. The van der Waals surface area contributed by atoms with Gasteiger partial charge in [0.05, 0.1) is 0 Å². The summed E-state index contributed by atoms with van der Waals surface area (Å²) < 4.78 is 52.5. The van der Waals surface area contributed by atoms with Gasteiger partial charge < -0.3 is 14.1 Å². The van der Waals surface area contributed by atoms with Gasteiger partial charge in [0.15, 0.2) is 11.6 Å². The Hall–Kier alpha value is -3.51. The molecule has 3 aromatic rings. The Balaban J connectivity index is 1.98. The minimum absolute atomic E-state index is 0.0260. The van der Waals surface area contributed by atoms with Crippen molar-refractivity contribution in [2.75, 3.05) is 25.9 Å². The maximum atomic E-state index is 14.5. The predicted octanol–water partition coefficient (Wildman–Crippen LogP) is 2.16. The number of fused-ring (bicyclic) bond motifs is 1. The van der Waals surface area contributed by atoms with Crippen LogP contribution in [-0.2, 0) is 16.6 Å². The van der Waals surface area contributed by atoms with Crippen molar-refractivity contribution in [3.05, 3.63) is 63.4 Å². The summed E-state index contributed by atoms with van der Waals surface area (Å²) in [4.78, 5) is 29.7. The predicted molar refractivity (Wildman–Crippen MR) is 116 cm³/mol. The molecule has 0 bridgehead atoms. The standard InChI is InChI=1S/C20H21FN4O6S/c1-11-13-9-15(21)17(31-20(27)25(3)4)10-16(13)30-19(26)14(11)8-12-6-5-7-18(23-12)24-32(28,29)22-2/h5-7,9-10,22H,8H2,1-4H3,(H,23,24). The summed E-state index contributed by atoms with van der Waals surface area (Å²) in [7, 11) is 0.396. The van der Waals surface area contributed by atoms with Crippen LogP contribution in [0.5, 0.6) is 5.75 Å². The van der Waals surface area contributed by atoms with Gasteiger partial charge in [-0.2, -0.15) is 8.42 Å². The molecule has 1 amide bonds. The number of halogens is 1. The number of carbonyl (C=O) groups excluding carboxylic acids is 1. The Morgan fingerprint density at radius 2 is 2.00 bits per heavy atom. The molecule has 0 radical (unpaired) electrons. The summed E-state index contributed by atoms with van der Waals surface area (Å²) in [6.45, 7) is 1.63. The molecule has 0 unspecified atom stereocenters. The fourth-order valence-corrected chi connectivity index (χ4v) is 3.35. The van der Waals surface area contributed by atoms with Crippen LogP contribution >= 0.6 is 0 Å². The van der Waals surface area contributed by atoms with Crippen LogP contribution in [0, 0.1) is 12.7 Å². The molecule has 10 nitrogen and oxygen atoms in total. The molecule has 0 saturated carbocycles. The SMILES string of the molecule is CNS(=O)(=O)Nc1cccc(Cc2c(C)c3cc(F)c(OC(=O)N(C)C)cc3oc2=O)n1. The van der Waals surface area contributed by atoms with Gasteiger partial charge in [0.1, 0.15) is 11.4 Å². The Labute approximate surface area is 183 Å². The van der Waals surface area contributed by atoms with Gasteiger partial charge in [-0.05, 0) is 30.7 Å². The monoisotopic (exact) mass is 464 g/mol. The number of hydrogen-bond donors (Lipinski definition) is 2. The molecule has 170 valence electrons. The van der Waals surface area contributed by atoms with E-state index in [1.165, 1.54) is 27.2 Å². The number of nitrogens with one attached hydrogen (secondary N) is 2. The second-order valence-corrected chi connectivity index (χ2v) is 8.65. The maximum Gasteiger partial charge on any atom is 0.414 e. The summed E-state index contributed by atoms with van der Waals surface area (Å²) in [5.74, 6) is -1.09. The number of rotatable bonds is 6. The molecule has 0 aliphatic rings. The van der Waals surface area contributed by atoms with E-state index in [1.54, 1.807) is 19.1 Å². The highest BCUT2D eigenvalue weighted by atomic mass is 32.2. The van der Waals surface area contributed by atoms with Gasteiger partial charge >= 0.3 is 11.7 Å². The number of nitrogens with zero attached hydrogens (tertiary/aromatic N) is 2. The zero-order valence-electron chi connectivity index (χ0n) is 17.7. The largest absolute Gasteiger partial charge is 0.422 e. The number of pyridine rings is 1. The number of aryl methyl sites for hydroxylation is 1. The highest BCUT2D eigenvalue weighted by Crippen LogP contribution is 2.28. The molecule has 2 N–H and O–H groups in total. The summed E-state index contributed by atoms with van der Waals surface area (Å²) in [5.41, 5.74) is 0.477. The van der Waals surface area contributed by atoms with Crippen LogP contribution in [0.25, 0.3) is 11.0 Å². The number of anilines is 1. The Kier molecular flexibility index (Phi) is 6.46. The van der Waals surface area contributed by atoms with Gasteiger partial charge in [-0.25, -0.2) is 23.7 Å². The topological polar surface area (TPSA) is 131 Å². The van der Waals surface area contributed by atoms with Crippen LogP contribution in [0.2, 0.25) is 0 Å². The molecule has 0 spiro atoms. The molecular weight excluding hydrogens is 443 g/mol. The molecule has 12 heteroatoms. The Morgan fingerprint density at radius 3 is 2.66 bits per heavy atom. The summed E-state index contributed by atoms with van der Waals surface area (Å²) in [6, 6.07) is 6.93. The van der Waals surface area contributed by atoms with Gasteiger partial charge in [0.2, 0.25) is 0 Å². The summed E-state index contributed by atoms with van der Waals surface area (Å²) >= 11 is 0. The van der Waals surface area contributed by atoms with Crippen molar-refractivity contribution in [2.45, 2.75) is 13.3 Å². The maximum absolute atomic E-state index is 14.5. The molecule has 1 aromatic carbocycles.